The molecule has 0 fully saturated rings. The van der Waals surface area contributed by atoms with E-state index in [2.05, 4.69) is 92.7 Å². The molecule has 0 saturated heterocycles. The number of pyridine rings is 6. The van der Waals surface area contributed by atoms with Crippen LogP contribution >= 0.6 is 15.6 Å². The monoisotopic (exact) mass is 1070 g/mol. The van der Waals surface area contributed by atoms with E-state index in [1.165, 1.54) is 13.8 Å². The first-order valence-corrected chi connectivity index (χ1v) is 24.4. The molecule has 0 aliphatic rings. The Morgan fingerprint density at radius 2 is 0.479 bits per heavy atom. The Labute approximate surface area is 406 Å². The molecule has 0 unspecified atom stereocenters. The molecule has 71 heavy (non-hydrogen) atoms. The molecule has 10 rings (SSSR count). The van der Waals surface area contributed by atoms with E-state index in [1.807, 2.05) is 110 Å². The van der Waals surface area contributed by atoms with Gasteiger partial charge in [0.1, 0.15) is 5.78 Å². The SMILES string of the molecule is CC(C)=O.F[P-](F)(F)(F)(F)F.F[P-](F)(F)(F)(F)F.[Co+2].c1cc(-c2cc3ccccc3cn2)nc(-c2cc3ccccc3cn2)c1.c1cc(-c2cc3ccccc3cn2)nc(-c2cc3ccccc3cn2)c1. The van der Waals surface area contributed by atoms with Crippen molar-refractivity contribution in [1.29, 1.82) is 0 Å². The predicted octanol–water partition coefficient (Wildman–Crippen LogP) is 18.4. The molecule has 0 saturated carbocycles. The Hall–Kier alpha value is -6.98. The third-order valence-corrected chi connectivity index (χ3v) is 9.07. The van der Waals surface area contributed by atoms with E-state index in [9.17, 15) is 55.2 Å². The van der Waals surface area contributed by atoms with Crippen LogP contribution in [0.15, 0.2) is 183 Å². The largest absolute Gasteiger partial charge is 2.00 e. The van der Waals surface area contributed by atoms with Gasteiger partial charge in [-0.25, -0.2) is 9.97 Å². The molecule has 0 amide bonds. The molecule has 0 aliphatic heterocycles. The number of fused-ring (bicyclic) bond motifs is 4. The molecule has 7 nitrogen and oxygen atoms in total. The maximum absolute atomic E-state index is 10.7. The van der Waals surface area contributed by atoms with Gasteiger partial charge in [0.05, 0.1) is 45.6 Å². The fourth-order valence-corrected chi connectivity index (χ4v) is 6.33. The number of halogens is 12. The van der Waals surface area contributed by atoms with Gasteiger partial charge in [-0.3, -0.25) is 19.9 Å². The average molecular weight is 1070 g/mol. The van der Waals surface area contributed by atoms with Crippen LogP contribution in [0.3, 0.4) is 0 Å². The van der Waals surface area contributed by atoms with Crippen molar-refractivity contribution < 1.29 is 71.9 Å². The van der Waals surface area contributed by atoms with Crippen LogP contribution in [0.1, 0.15) is 13.8 Å². The number of carbonyl (C=O) groups excluding carboxylic acids is 1. The second-order valence-corrected chi connectivity index (χ2v) is 19.1. The molecule has 0 aliphatic carbocycles. The minimum atomic E-state index is -10.7. The minimum absolute atomic E-state index is 0. The van der Waals surface area contributed by atoms with Gasteiger partial charge >= 0.3 is 82.8 Å². The molecule has 4 aromatic carbocycles. The summed E-state index contributed by atoms with van der Waals surface area (Å²) in [5.41, 5.74) is 6.87. The molecule has 22 heteroatoms. The van der Waals surface area contributed by atoms with Crippen molar-refractivity contribution in [3.05, 3.63) is 183 Å². The number of benzene rings is 4. The summed E-state index contributed by atoms with van der Waals surface area (Å²) in [5.74, 6) is 0.167. The Morgan fingerprint density at radius 3 is 0.662 bits per heavy atom. The maximum Gasteiger partial charge on any atom is 2.00 e. The summed E-state index contributed by atoms with van der Waals surface area (Å²) in [6, 6.07) is 53.1. The zero-order valence-corrected chi connectivity index (χ0v) is 39.5. The van der Waals surface area contributed by atoms with Crippen LogP contribution in [0.4, 0.5) is 50.4 Å². The summed E-state index contributed by atoms with van der Waals surface area (Å²) in [7, 11) is -21.3. The number of carbonyl (C=O) groups is 1. The third kappa shape index (κ3) is 19.7. The predicted molar refractivity (Wildman–Crippen MR) is 255 cm³/mol. The first-order valence-electron chi connectivity index (χ1n) is 20.3. The Bertz CT molecular complexity index is 3080. The summed E-state index contributed by atoms with van der Waals surface area (Å²) < 4.78 is 118. The molecule has 6 heterocycles. The van der Waals surface area contributed by atoms with Gasteiger partial charge in [0.25, 0.3) is 0 Å². The van der Waals surface area contributed by atoms with Crippen molar-refractivity contribution in [3.63, 3.8) is 0 Å². The topological polar surface area (TPSA) is 94.4 Å². The van der Waals surface area contributed by atoms with E-state index in [0.29, 0.717) is 0 Å². The van der Waals surface area contributed by atoms with Crippen LogP contribution in [-0.4, -0.2) is 35.7 Å². The third-order valence-electron chi connectivity index (χ3n) is 9.07. The molecular weight excluding hydrogens is 1040 g/mol. The van der Waals surface area contributed by atoms with E-state index in [0.717, 1.165) is 88.6 Å². The van der Waals surface area contributed by atoms with E-state index < -0.39 is 15.6 Å². The van der Waals surface area contributed by atoms with Crippen molar-refractivity contribution >= 4 is 64.5 Å². The van der Waals surface area contributed by atoms with E-state index >= 15 is 0 Å². The van der Waals surface area contributed by atoms with Gasteiger partial charge in [0, 0.05) is 46.3 Å². The Kier molecular flexibility index (Phi) is 15.5. The van der Waals surface area contributed by atoms with Crippen LogP contribution in [0, 0.1) is 0 Å². The van der Waals surface area contributed by atoms with Gasteiger partial charge in [-0.05, 0) is 83.9 Å². The van der Waals surface area contributed by atoms with Gasteiger partial charge in [0.2, 0.25) is 0 Å². The van der Waals surface area contributed by atoms with Crippen LogP contribution < -0.4 is 0 Å². The molecule has 371 valence electrons. The number of Topliss-reactive ketones (excluding diaryl/α,β-unsaturated/α-hetero) is 1. The summed E-state index contributed by atoms with van der Waals surface area (Å²) in [4.78, 5) is 37.4. The fourth-order valence-electron chi connectivity index (χ4n) is 6.33. The Morgan fingerprint density at radius 1 is 0.310 bits per heavy atom. The normalized spacial score (nSPS) is 13.0. The van der Waals surface area contributed by atoms with E-state index in [1.54, 1.807) is 0 Å². The molecule has 6 aromatic heterocycles. The summed E-state index contributed by atoms with van der Waals surface area (Å²) in [5, 5.41) is 9.16. The standard InChI is InChI=1S/2C23H15N3.C3H6O.Co.2F6P/c2*1-3-8-18-14-24-22(12-16(18)6-1)20-10-5-11-21(26-20)23-13-17-7-2-4-9-19(17)15-25-23;1-3(2)4;;2*1-7(2,3,4,5)6/h2*1-15H;1-2H3;;;/q;;;+2;2*-1. The van der Waals surface area contributed by atoms with Crippen LogP contribution in [0.2, 0.25) is 0 Å². The number of rotatable bonds is 4. The molecule has 1 radical (unpaired) electrons. The quantitative estimate of drug-likeness (QED) is 0.128. The molecule has 0 bridgehead atoms. The van der Waals surface area contributed by atoms with Gasteiger partial charge in [0.15, 0.2) is 0 Å². The smallest absolute Gasteiger partial charge is 0.254 e. The number of hydrogen-bond acceptors (Lipinski definition) is 7. The summed E-state index contributed by atoms with van der Waals surface area (Å²) >= 11 is 0. The first kappa shape index (κ1) is 55.0. The van der Waals surface area contributed by atoms with E-state index in [-0.39, 0.29) is 22.6 Å². The van der Waals surface area contributed by atoms with Gasteiger partial charge in [-0.1, -0.05) is 109 Å². The van der Waals surface area contributed by atoms with Crippen molar-refractivity contribution in [1.82, 2.24) is 29.9 Å². The number of hydrogen-bond donors (Lipinski definition) is 0. The maximum atomic E-state index is 9.87. The van der Waals surface area contributed by atoms with Crippen LogP contribution in [-0.2, 0) is 21.6 Å². The van der Waals surface area contributed by atoms with Gasteiger partial charge in [-0.2, -0.15) is 0 Å². The number of aromatic nitrogens is 6. The van der Waals surface area contributed by atoms with Crippen molar-refractivity contribution in [2.75, 3.05) is 0 Å². The average Bonchev–Trinajstić information content (AvgIpc) is 3.29. The molecule has 0 spiro atoms. The van der Waals surface area contributed by atoms with Gasteiger partial charge in [-0.15, -0.1) is 0 Å². The summed E-state index contributed by atoms with van der Waals surface area (Å²) in [6.45, 7) is 3.06. The van der Waals surface area contributed by atoms with Crippen molar-refractivity contribution in [2.45, 2.75) is 13.8 Å². The molecule has 0 atom stereocenters. The minimum Gasteiger partial charge on any atom is -0.254 e. The number of ketones is 1. The van der Waals surface area contributed by atoms with Crippen LogP contribution in [0.5, 0.6) is 0 Å². The van der Waals surface area contributed by atoms with Crippen LogP contribution in [0.25, 0.3) is 88.6 Å². The second-order valence-electron chi connectivity index (χ2n) is 15.3. The fraction of sp³-hybridized carbons (Fsp3) is 0.0408. The Balaban J connectivity index is 0.000000196. The zero-order valence-electron chi connectivity index (χ0n) is 36.7. The first-order chi connectivity index (χ1) is 32.4. The molecular formula is C49H36CoF12N6OP2. The molecule has 10 aromatic rings. The second kappa shape index (κ2) is 20.0. The zero-order chi connectivity index (χ0) is 51.1. The van der Waals surface area contributed by atoms with Crippen molar-refractivity contribution in [3.8, 4) is 45.6 Å². The van der Waals surface area contributed by atoms with Gasteiger partial charge < -0.3 is 4.79 Å². The number of nitrogens with zero attached hydrogens (tertiary/aromatic N) is 6. The summed E-state index contributed by atoms with van der Waals surface area (Å²) in [6.07, 6.45) is 7.58. The van der Waals surface area contributed by atoms with E-state index in [4.69, 9.17) is 9.97 Å². The molecule has 0 N–H and O–H groups in total. The van der Waals surface area contributed by atoms with Crippen molar-refractivity contribution in [2.24, 2.45) is 0 Å².